The molecule has 1 aromatic heterocycles. The van der Waals surface area contributed by atoms with Crippen molar-refractivity contribution in [3.63, 3.8) is 0 Å². The number of ether oxygens (including phenoxy) is 1. The number of H-pyrrole nitrogens is 1. The van der Waals surface area contributed by atoms with Gasteiger partial charge < -0.3 is 10.1 Å². The predicted molar refractivity (Wildman–Crippen MR) is 70.4 cm³/mol. The third-order valence-electron chi connectivity index (χ3n) is 2.41. The zero-order valence-corrected chi connectivity index (χ0v) is 11.5. The highest BCUT2D eigenvalue weighted by molar-refractivity contribution is 5.11. The van der Waals surface area contributed by atoms with E-state index in [1.807, 2.05) is 13.0 Å². The van der Waals surface area contributed by atoms with Gasteiger partial charge in [0.05, 0.1) is 6.61 Å². The molecule has 1 rings (SSSR count). The smallest absolute Gasteiger partial charge is 0.232 e. The number of nitrogens with one attached hydrogen (secondary N) is 2. The first-order chi connectivity index (χ1) is 7.97. The fourth-order valence-electron chi connectivity index (χ4n) is 1.51. The first kappa shape index (κ1) is 14.0. The Labute approximate surface area is 104 Å². The number of unbranched alkanes of at least 4 members (excludes halogenated alkanes) is 2. The molecule has 2 N–H and O–H groups in total. The lowest BCUT2D eigenvalue weighted by Crippen LogP contribution is -2.36. The highest BCUT2D eigenvalue weighted by Gasteiger charge is 2.06. The molecule has 1 aromatic rings. The summed E-state index contributed by atoms with van der Waals surface area (Å²) in [6.07, 6.45) is 3.46. The summed E-state index contributed by atoms with van der Waals surface area (Å²) < 4.78 is 5.51. The van der Waals surface area contributed by atoms with Crippen molar-refractivity contribution in [3.05, 3.63) is 11.8 Å². The van der Waals surface area contributed by atoms with Crippen molar-refractivity contribution in [2.45, 2.75) is 52.5 Å². The van der Waals surface area contributed by atoms with Gasteiger partial charge in [0, 0.05) is 17.3 Å². The molecule has 0 aromatic carbocycles. The van der Waals surface area contributed by atoms with Crippen LogP contribution in [0.2, 0.25) is 0 Å². The van der Waals surface area contributed by atoms with Crippen LogP contribution in [0.1, 0.15) is 45.7 Å². The third kappa shape index (κ3) is 7.00. The van der Waals surface area contributed by atoms with Crippen molar-refractivity contribution in [2.75, 3.05) is 13.2 Å². The zero-order valence-electron chi connectivity index (χ0n) is 11.5. The summed E-state index contributed by atoms with van der Waals surface area (Å²) in [4.78, 5) is 0. The standard InChI is InChI=1S/C13H25N3O/c1-11-10-12(16-15-11)17-9-7-5-6-8-14-13(2,3)4/h10,14H,5-9H2,1-4H3,(H,15,16). The average Bonchev–Trinajstić information content (AvgIpc) is 2.61. The van der Waals surface area contributed by atoms with Gasteiger partial charge in [-0.15, -0.1) is 5.10 Å². The van der Waals surface area contributed by atoms with Gasteiger partial charge in [0.1, 0.15) is 0 Å². The van der Waals surface area contributed by atoms with Crippen LogP contribution in [-0.4, -0.2) is 28.9 Å². The quantitative estimate of drug-likeness (QED) is 0.719. The van der Waals surface area contributed by atoms with Crippen molar-refractivity contribution >= 4 is 0 Å². The molecule has 0 aliphatic rings. The van der Waals surface area contributed by atoms with E-state index in [4.69, 9.17) is 4.74 Å². The number of hydrogen-bond donors (Lipinski definition) is 2. The molecule has 0 saturated heterocycles. The minimum atomic E-state index is 0.225. The van der Waals surface area contributed by atoms with E-state index in [9.17, 15) is 0 Å². The van der Waals surface area contributed by atoms with Gasteiger partial charge in [-0.2, -0.15) is 0 Å². The second-order valence-corrected chi connectivity index (χ2v) is 5.48. The Kier molecular flexibility index (Phi) is 5.48. The molecule has 0 atom stereocenters. The van der Waals surface area contributed by atoms with Crippen LogP contribution in [0.5, 0.6) is 5.88 Å². The molecule has 0 saturated carbocycles. The number of hydrogen-bond acceptors (Lipinski definition) is 3. The van der Waals surface area contributed by atoms with Gasteiger partial charge in [-0.25, -0.2) is 0 Å². The average molecular weight is 239 g/mol. The van der Waals surface area contributed by atoms with Gasteiger partial charge in [0.15, 0.2) is 0 Å². The highest BCUT2D eigenvalue weighted by Crippen LogP contribution is 2.08. The van der Waals surface area contributed by atoms with E-state index in [1.165, 1.54) is 12.8 Å². The number of aryl methyl sites for hydroxylation is 1. The minimum absolute atomic E-state index is 0.225. The van der Waals surface area contributed by atoms with Crippen LogP contribution in [0, 0.1) is 6.92 Å². The maximum Gasteiger partial charge on any atom is 0.232 e. The van der Waals surface area contributed by atoms with Crippen LogP contribution in [-0.2, 0) is 0 Å². The molecule has 0 radical (unpaired) electrons. The SMILES string of the molecule is Cc1cc(OCCCCCNC(C)(C)C)n[nH]1. The molecule has 0 amide bonds. The third-order valence-corrected chi connectivity index (χ3v) is 2.41. The fourth-order valence-corrected chi connectivity index (χ4v) is 1.51. The van der Waals surface area contributed by atoms with Gasteiger partial charge in [0.2, 0.25) is 5.88 Å². The second kappa shape index (κ2) is 6.64. The minimum Gasteiger partial charge on any atom is -0.477 e. The maximum absolute atomic E-state index is 5.51. The molecule has 0 aliphatic heterocycles. The second-order valence-electron chi connectivity index (χ2n) is 5.48. The Morgan fingerprint density at radius 3 is 2.65 bits per heavy atom. The van der Waals surface area contributed by atoms with Crippen molar-refractivity contribution in [3.8, 4) is 5.88 Å². The lowest BCUT2D eigenvalue weighted by atomic mass is 10.1. The van der Waals surface area contributed by atoms with Crippen molar-refractivity contribution in [1.29, 1.82) is 0 Å². The van der Waals surface area contributed by atoms with E-state index in [1.54, 1.807) is 0 Å². The Morgan fingerprint density at radius 1 is 1.29 bits per heavy atom. The predicted octanol–water partition coefficient (Wildman–Crippen LogP) is 2.66. The first-order valence-corrected chi connectivity index (χ1v) is 6.37. The summed E-state index contributed by atoms with van der Waals surface area (Å²) in [5.41, 5.74) is 1.26. The molecule has 98 valence electrons. The first-order valence-electron chi connectivity index (χ1n) is 6.37. The van der Waals surface area contributed by atoms with E-state index in [-0.39, 0.29) is 5.54 Å². The molecule has 1 heterocycles. The van der Waals surface area contributed by atoms with Crippen LogP contribution in [0.3, 0.4) is 0 Å². The molecule has 0 bridgehead atoms. The maximum atomic E-state index is 5.51. The molecular formula is C13H25N3O. The fraction of sp³-hybridized carbons (Fsp3) is 0.769. The lowest BCUT2D eigenvalue weighted by Gasteiger charge is -2.20. The van der Waals surface area contributed by atoms with Gasteiger partial charge >= 0.3 is 0 Å². The Balaban J connectivity index is 1.95. The normalized spacial score (nSPS) is 11.8. The molecule has 0 unspecified atom stereocenters. The zero-order chi connectivity index (χ0) is 12.7. The van der Waals surface area contributed by atoms with Crippen LogP contribution < -0.4 is 10.1 Å². The van der Waals surface area contributed by atoms with Crippen LogP contribution in [0.25, 0.3) is 0 Å². The van der Waals surface area contributed by atoms with Crippen molar-refractivity contribution in [2.24, 2.45) is 0 Å². The van der Waals surface area contributed by atoms with Gasteiger partial charge in [-0.05, 0) is 53.5 Å². The molecule has 0 fully saturated rings. The molecule has 4 heteroatoms. The van der Waals surface area contributed by atoms with E-state index >= 15 is 0 Å². The largest absolute Gasteiger partial charge is 0.477 e. The van der Waals surface area contributed by atoms with Gasteiger partial charge in [0.25, 0.3) is 0 Å². The monoisotopic (exact) mass is 239 g/mol. The molecule has 0 aliphatic carbocycles. The van der Waals surface area contributed by atoms with Crippen LogP contribution >= 0.6 is 0 Å². The molecule has 4 nitrogen and oxygen atoms in total. The van der Waals surface area contributed by atoms with Gasteiger partial charge in [-0.1, -0.05) is 0 Å². The summed E-state index contributed by atoms with van der Waals surface area (Å²) >= 11 is 0. The Bertz CT molecular complexity index is 315. The summed E-state index contributed by atoms with van der Waals surface area (Å²) in [6.45, 7) is 10.4. The summed E-state index contributed by atoms with van der Waals surface area (Å²) in [6, 6.07) is 1.92. The Morgan fingerprint density at radius 2 is 2.06 bits per heavy atom. The topological polar surface area (TPSA) is 49.9 Å². The van der Waals surface area contributed by atoms with E-state index < -0.39 is 0 Å². The van der Waals surface area contributed by atoms with Crippen LogP contribution in [0.15, 0.2) is 6.07 Å². The van der Waals surface area contributed by atoms with Crippen molar-refractivity contribution in [1.82, 2.24) is 15.5 Å². The number of aromatic nitrogens is 2. The summed E-state index contributed by atoms with van der Waals surface area (Å²) in [5, 5.41) is 10.4. The number of nitrogens with zero attached hydrogens (tertiary/aromatic N) is 1. The summed E-state index contributed by atoms with van der Waals surface area (Å²) in [7, 11) is 0. The van der Waals surface area contributed by atoms with Crippen LogP contribution in [0.4, 0.5) is 0 Å². The molecule has 17 heavy (non-hydrogen) atoms. The van der Waals surface area contributed by atoms with Gasteiger partial charge in [-0.3, -0.25) is 5.10 Å². The van der Waals surface area contributed by atoms with E-state index in [0.717, 1.165) is 25.3 Å². The summed E-state index contributed by atoms with van der Waals surface area (Å²) in [5.74, 6) is 0.704. The van der Waals surface area contributed by atoms with E-state index in [0.29, 0.717) is 5.88 Å². The Hall–Kier alpha value is -1.03. The number of rotatable bonds is 7. The van der Waals surface area contributed by atoms with E-state index in [2.05, 4.69) is 36.3 Å². The lowest BCUT2D eigenvalue weighted by molar-refractivity contribution is 0.292. The molecular weight excluding hydrogens is 214 g/mol. The van der Waals surface area contributed by atoms with Crippen molar-refractivity contribution < 1.29 is 4.74 Å². The highest BCUT2D eigenvalue weighted by atomic mass is 16.5. The number of aromatic amines is 1. The molecule has 0 spiro atoms.